The van der Waals surface area contributed by atoms with Crippen LogP contribution in [0.5, 0.6) is 0 Å². The van der Waals surface area contributed by atoms with Crippen molar-refractivity contribution < 1.29 is 4.79 Å². The molecule has 0 aliphatic carbocycles. The summed E-state index contributed by atoms with van der Waals surface area (Å²) in [5.41, 5.74) is 0. The molecular formula is C7H8BrNO. The number of allylic oxidation sites excluding steroid dienone is 1. The van der Waals surface area contributed by atoms with Crippen molar-refractivity contribution >= 4 is 21.8 Å². The van der Waals surface area contributed by atoms with Gasteiger partial charge in [-0.25, -0.2) is 0 Å². The highest BCUT2D eigenvalue weighted by Crippen LogP contribution is 1.71. The number of carbonyl (C=O) groups excluding carboxylic acids is 1. The van der Waals surface area contributed by atoms with Crippen molar-refractivity contribution in [1.29, 1.82) is 0 Å². The molecule has 1 N–H and O–H groups in total. The summed E-state index contributed by atoms with van der Waals surface area (Å²) >= 11 is 2.82. The quantitative estimate of drug-likeness (QED) is 0.526. The number of halogens is 1. The van der Waals surface area contributed by atoms with Crippen LogP contribution in [-0.2, 0) is 4.79 Å². The van der Waals surface area contributed by atoms with Gasteiger partial charge in [-0.3, -0.25) is 4.79 Å². The fraction of sp³-hybridized carbons (Fsp3) is 0.286. The second kappa shape index (κ2) is 6.37. The van der Waals surface area contributed by atoms with E-state index >= 15 is 0 Å². The fourth-order valence-corrected chi connectivity index (χ4v) is 0.537. The van der Waals surface area contributed by atoms with Gasteiger partial charge in [0.25, 0.3) is 5.91 Å². The minimum atomic E-state index is -0.269. The molecule has 0 saturated carbocycles. The molecule has 0 rings (SSSR count). The molecule has 3 heteroatoms. The Labute approximate surface area is 68.8 Å². The third kappa shape index (κ3) is 5.39. The van der Waals surface area contributed by atoms with Crippen molar-refractivity contribution in [2.24, 2.45) is 0 Å². The van der Waals surface area contributed by atoms with Gasteiger partial charge < -0.3 is 5.32 Å². The Balaban J connectivity index is 3.46. The third-order valence-electron chi connectivity index (χ3n) is 0.777. The van der Waals surface area contributed by atoms with E-state index in [-0.39, 0.29) is 5.91 Å². The molecule has 0 unspecified atom stereocenters. The van der Waals surface area contributed by atoms with E-state index in [1.807, 2.05) is 19.1 Å². The summed E-state index contributed by atoms with van der Waals surface area (Å²) in [5, 5.41) is 2.56. The van der Waals surface area contributed by atoms with E-state index < -0.39 is 0 Å². The van der Waals surface area contributed by atoms with Gasteiger partial charge in [-0.1, -0.05) is 12.2 Å². The van der Waals surface area contributed by atoms with Crippen molar-refractivity contribution in [2.45, 2.75) is 6.92 Å². The zero-order valence-electron chi connectivity index (χ0n) is 5.65. The van der Waals surface area contributed by atoms with Gasteiger partial charge in [-0.05, 0) is 11.8 Å². The third-order valence-corrected chi connectivity index (χ3v) is 0.975. The fourth-order valence-electron chi connectivity index (χ4n) is 0.357. The molecule has 0 aromatic rings. The maximum Gasteiger partial charge on any atom is 0.297 e. The summed E-state index contributed by atoms with van der Waals surface area (Å²) in [5.74, 6) is 2.02. The highest BCUT2D eigenvalue weighted by Gasteiger charge is 1.88. The van der Waals surface area contributed by atoms with Crippen molar-refractivity contribution in [3.05, 3.63) is 12.2 Å². The van der Waals surface area contributed by atoms with Crippen LogP contribution in [-0.4, -0.2) is 12.5 Å². The molecule has 0 bridgehead atoms. The van der Waals surface area contributed by atoms with E-state index in [1.54, 1.807) is 0 Å². The van der Waals surface area contributed by atoms with Crippen molar-refractivity contribution in [3.8, 4) is 10.8 Å². The van der Waals surface area contributed by atoms with E-state index in [9.17, 15) is 4.79 Å². The summed E-state index contributed by atoms with van der Waals surface area (Å²) < 4.78 is 0. The maximum absolute atomic E-state index is 10.6. The van der Waals surface area contributed by atoms with Crippen LogP contribution in [0.2, 0.25) is 0 Å². The topological polar surface area (TPSA) is 29.1 Å². The number of carbonyl (C=O) groups is 1. The number of hydrogen-bond acceptors (Lipinski definition) is 1. The maximum atomic E-state index is 10.6. The summed E-state index contributed by atoms with van der Waals surface area (Å²) in [7, 11) is 0. The van der Waals surface area contributed by atoms with Crippen LogP contribution in [0.15, 0.2) is 12.2 Å². The molecule has 0 saturated heterocycles. The molecule has 0 aromatic carbocycles. The SMILES string of the molecule is C/C=C/CNC(=O)C#CBr. The minimum Gasteiger partial charge on any atom is -0.342 e. The Hall–Kier alpha value is -0.750. The minimum absolute atomic E-state index is 0.269. The van der Waals surface area contributed by atoms with Crippen LogP contribution in [0.25, 0.3) is 0 Å². The molecule has 1 amide bonds. The average Bonchev–Trinajstić information content (AvgIpc) is 1.89. The highest BCUT2D eigenvalue weighted by molar-refractivity contribution is 9.12. The predicted octanol–water partition coefficient (Wildman–Crippen LogP) is 1.03. The van der Waals surface area contributed by atoms with Crippen LogP contribution in [0.4, 0.5) is 0 Å². The highest BCUT2D eigenvalue weighted by atomic mass is 79.9. The smallest absolute Gasteiger partial charge is 0.297 e. The molecule has 0 spiro atoms. The second-order valence-electron chi connectivity index (χ2n) is 1.50. The Morgan fingerprint density at radius 1 is 1.80 bits per heavy atom. The van der Waals surface area contributed by atoms with E-state index in [2.05, 4.69) is 32.0 Å². The molecule has 0 aliphatic rings. The zero-order valence-corrected chi connectivity index (χ0v) is 7.23. The zero-order chi connectivity index (χ0) is 7.82. The molecule has 0 aromatic heterocycles. The van der Waals surface area contributed by atoms with E-state index in [4.69, 9.17) is 0 Å². The molecule has 54 valence electrons. The Morgan fingerprint density at radius 2 is 2.50 bits per heavy atom. The normalized spacial score (nSPS) is 8.60. The van der Waals surface area contributed by atoms with Crippen molar-refractivity contribution in [3.63, 3.8) is 0 Å². The largest absolute Gasteiger partial charge is 0.342 e. The molecule has 0 fully saturated rings. The predicted molar refractivity (Wildman–Crippen MR) is 44.5 cm³/mol. The second-order valence-corrected chi connectivity index (χ2v) is 1.90. The molecule has 2 nitrogen and oxygen atoms in total. The summed E-state index contributed by atoms with van der Waals surface area (Å²) in [6.07, 6.45) is 3.70. The molecule has 10 heavy (non-hydrogen) atoms. The first-order chi connectivity index (χ1) is 4.81. The lowest BCUT2D eigenvalue weighted by molar-refractivity contribution is -0.115. The van der Waals surface area contributed by atoms with Crippen LogP contribution in [0.3, 0.4) is 0 Å². The Morgan fingerprint density at radius 3 is 3.00 bits per heavy atom. The number of rotatable bonds is 2. The molecule has 0 atom stereocenters. The summed E-state index contributed by atoms with van der Waals surface area (Å²) in [6, 6.07) is 0. The number of hydrogen-bond donors (Lipinski definition) is 1. The van der Waals surface area contributed by atoms with Crippen molar-refractivity contribution in [2.75, 3.05) is 6.54 Å². The first-order valence-electron chi connectivity index (χ1n) is 2.82. The van der Waals surface area contributed by atoms with Gasteiger partial charge in [0.2, 0.25) is 0 Å². The van der Waals surface area contributed by atoms with E-state index in [0.717, 1.165) is 0 Å². The monoisotopic (exact) mass is 201 g/mol. The first kappa shape index (κ1) is 9.25. The van der Waals surface area contributed by atoms with Gasteiger partial charge in [0.05, 0.1) is 0 Å². The Bertz CT molecular complexity index is 188. The lowest BCUT2D eigenvalue weighted by Crippen LogP contribution is -2.20. The Kier molecular flexibility index (Phi) is 5.89. The van der Waals surface area contributed by atoms with Gasteiger partial charge in [-0.15, -0.1) is 0 Å². The average molecular weight is 202 g/mol. The van der Waals surface area contributed by atoms with Gasteiger partial charge in [-0.2, -0.15) is 0 Å². The lowest BCUT2D eigenvalue weighted by atomic mass is 10.5. The molecule has 0 heterocycles. The summed E-state index contributed by atoms with van der Waals surface area (Å²) in [6.45, 7) is 2.43. The van der Waals surface area contributed by atoms with Crippen LogP contribution in [0, 0.1) is 10.8 Å². The van der Waals surface area contributed by atoms with Crippen LogP contribution < -0.4 is 5.32 Å². The van der Waals surface area contributed by atoms with Crippen LogP contribution >= 0.6 is 15.9 Å². The van der Waals surface area contributed by atoms with Crippen molar-refractivity contribution in [1.82, 2.24) is 5.32 Å². The molecular weight excluding hydrogens is 194 g/mol. The van der Waals surface area contributed by atoms with Gasteiger partial charge in [0.1, 0.15) is 0 Å². The first-order valence-corrected chi connectivity index (χ1v) is 3.61. The number of nitrogens with one attached hydrogen (secondary N) is 1. The van der Waals surface area contributed by atoms with Crippen LogP contribution in [0.1, 0.15) is 6.92 Å². The standard InChI is InChI=1S/C7H8BrNO/c1-2-3-6-9-7(10)4-5-8/h2-3H,6H2,1H3,(H,9,10)/b3-2+. The van der Waals surface area contributed by atoms with Gasteiger partial charge in [0.15, 0.2) is 0 Å². The lowest BCUT2D eigenvalue weighted by Gasteiger charge is -1.91. The van der Waals surface area contributed by atoms with E-state index in [0.29, 0.717) is 6.54 Å². The van der Waals surface area contributed by atoms with Gasteiger partial charge >= 0.3 is 0 Å². The molecule has 0 aliphatic heterocycles. The number of amides is 1. The van der Waals surface area contributed by atoms with E-state index in [1.165, 1.54) is 0 Å². The van der Waals surface area contributed by atoms with Gasteiger partial charge in [0, 0.05) is 28.4 Å². The molecule has 0 radical (unpaired) electrons. The summed E-state index contributed by atoms with van der Waals surface area (Å²) in [4.78, 5) is 12.9.